The summed E-state index contributed by atoms with van der Waals surface area (Å²) >= 11 is 11.8. The highest BCUT2D eigenvalue weighted by Crippen LogP contribution is 2.36. The fourth-order valence-electron chi connectivity index (χ4n) is 3.89. The quantitative estimate of drug-likeness (QED) is 0.774. The minimum absolute atomic E-state index is 0.516. The van der Waals surface area contributed by atoms with E-state index in [1.54, 1.807) is 20.3 Å². The molecular weight excluding hydrogens is 370 g/mol. The monoisotopic (exact) mass is 397 g/mol. The molecule has 0 bridgehead atoms. The predicted octanol–water partition coefficient (Wildman–Crippen LogP) is 4.00. The fraction of sp³-hybridized carbons (Fsp3) is 0.632. The van der Waals surface area contributed by atoms with Crippen LogP contribution in [0.4, 0.5) is 5.69 Å². The summed E-state index contributed by atoms with van der Waals surface area (Å²) in [6, 6.07) is 4.34. The Morgan fingerprint density at radius 2 is 1.69 bits per heavy atom. The number of rotatable bonds is 4. The van der Waals surface area contributed by atoms with E-state index in [1.807, 2.05) is 6.07 Å². The van der Waals surface area contributed by atoms with Gasteiger partial charge in [0, 0.05) is 44.4 Å². The van der Waals surface area contributed by atoms with E-state index in [-0.39, 0.29) is 0 Å². The van der Waals surface area contributed by atoms with Gasteiger partial charge in [-0.2, -0.15) is 0 Å². The van der Waals surface area contributed by atoms with Crippen molar-refractivity contribution < 1.29 is 9.47 Å². The van der Waals surface area contributed by atoms with Crippen molar-refractivity contribution in [2.75, 3.05) is 45.7 Å². The van der Waals surface area contributed by atoms with Crippen molar-refractivity contribution in [1.29, 1.82) is 0 Å². The number of benzene rings is 1. The molecule has 144 valence electrons. The summed E-state index contributed by atoms with van der Waals surface area (Å²) in [6.07, 6.45) is 6.86. The van der Waals surface area contributed by atoms with E-state index in [4.69, 9.17) is 33.3 Å². The average molecular weight is 398 g/mol. The van der Waals surface area contributed by atoms with Crippen molar-refractivity contribution in [3.05, 3.63) is 17.2 Å². The molecule has 0 atom stereocenters. The lowest BCUT2D eigenvalue weighted by atomic mass is 9.94. The molecule has 5 nitrogen and oxygen atoms in total. The van der Waals surface area contributed by atoms with Crippen LogP contribution in [0.1, 0.15) is 32.1 Å². The van der Waals surface area contributed by atoms with Crippen LogP contribution in [0.25, 0.3) is 0 Å². The Balaban J connectivity index is 1.59. The van der Waals surface area contributed by atoms with E-state index < -0.39 is 0 Å². The summed E-state index contributed by atoms with van der Waals surface area (Å²) in [6.45, 7) is 4.06. The van der Waals surface area contributed by atoms with E-state index in [1.165, 1.54) is 32.1 Å². The van der Waals surface area contributed by atoms with Gasteiger partial charge in [0.1, 0.15) is 11.5 Å². The van der Waals surface area contributed by atoms with Crippen LogP contribution in [0.5, 0.6) is 11.5 Å². The molecule has 0 unspecified atom stereocenters. The lowest BCUT2D eigenvalue weighted by molar-refractivity contribution is 0.108. The number of methoxy groups -OCH3 is 2. The number of ether oxygens (including phenoxy) is 2. The van der Waals surface area contributed by atoms with Crippen LogP contribution in [0.15, 0.2) is 12.1 Å². The molecular formula is C19H28ClN3O2S. The Kier molecular flexibility index (Phi) is 6.84. The van der Waals surface area contributed by atoms with Crippen molar-refractivity contribution in [2.45, 2.75) is 38.1 Å². The zero-order valence-corrected chi connectivity index (χ0v) is 17.2. The smallest absolute Gasteiger partial charge is 0.173 e. The summed E-state index contributed by atoms with van der Waals surface area (Å²) in [5.74, 6) is 1.25. The maximum Gasteiger partial charge on any atom is 0.173 e. The minimum Gasteiger partial charge on any atom is -0.495 e. The first-order chi connectivity index (χ1) is 12.6. The van der Waals surface area contributed by atoms with E-state index in [9.17, 15) is 0 Å². The van der Waals surface area contributed by atoms with E-state index in [2.05, 4.69) is 15.1 Å². The Labute approximate surface area is 166 Å². The molecule has 1 aromatic rings. The van der Waals surface area contributed by atoms with Crippen molar-refractivity contribution >= 4 is 34.6 Å². The fourth-order valence-corrected chi connectivity index (χ4v) is 4.41. The van der Waals surface area contributed by atoms with Crippen LogP contribution in [-0.2, 0) is 0 Å². The molecule has 1 N–H and O–H groups in total. The summed E-state index contributed by atoms with van der Waals surface area (Å²) in [7, 11) is 3.22. The molecule has 1 saturated carbocycles. The van der Waals surface area contributed by atoms with E-state index >= 15 is 0 Å². The number of halogens is 1. The number of thiocarbonyl (C=S) groups is 1. The lowest BCUT2D eigenvalue weighted by Gasteiger charge is -2.41. The van der Waals surface area contributed by atoms with Gasteiger partial charge < -0.3 is 19.7 Å². The van der Waals surface area contributed by atoms with Crippen LogP contribution in [0, 0.1) is 0 Å². The molecule has 0 radical (unpaired) electrons. The molecule has 3 rings (SSSR count). The summed E-state index contributed by atoms with van der Waals surface area (Å²) < 4.78 is 10.7. The molecule has 1 heterocycles. The minimum atomic E-state index is 0.516. The van der Waals surface area contributed by atoms with E-state index in [0.717, 1.165) is 43.0 Å². The highest BCUT2D eigenvalue weighted by molar-refractivity contribution is 7.80. The third-order valence-electron chi connectivity index (χ3n) is 5.41. The van der Waals surface area contributed by atoms with Gasteiger partial charge >= 0.3 is 0 Å². The number of piperazine rings is 1. The third-order valence-corrected chi connectivity index (χ3v) is 6.06. The second kappa shape index (κ2) is 9.11. The predicted molar refractivity (Wildman–Crippen MR) is 111 cm³/mol. The zero-order valence-electron chi connectivity index (χ0n) is 15.6. The van der Waals surface area contributed by atoms with Gasteiger partial charge in [-0.3, -0.25) is 4.90 Å². The highest BCUT2D eigenvalue weighted by atomic mass is 35.5. The molecule has 1 aliphatic heterocycles. The molecule has 2 fully saturated rings. The van der Waals surface area contributed by atoms with Gasteiger partial charge in [0.25, 0.3) is 0 Å². The second-order valence-electron chi connectivity index (χ2n) is 6.93. The van der Waals surface area contributed by atoms with Crippen LogP contribution >= 0.6 is 23.8 Å². The number of nitrogens with one attached hydrogen (secondary N) is 1. The maximum atomic E-state index is 6.17. The van der Waals surface area contributed by atoms with Crippen molar-refractivity contribution in [1.82, 2.24) is 9.80 Å². The van der Waals surface area contributed by atoms with E-state index in [0.29, 0.717) is 16.5 Å². The van der Waals surface area contributed by atoms with Crippen molar-refractivity contribution in [3.63, 3.8) is 0 Å². The van der Waals surface area contributed by atoms with Crippen LogP contribution in [0.2, 0.25) is 5.02 Å². The number of nitrogens with zero attached hydrogens (tertiary/aromatic N) is 2. The second-order valence-corrected chi connectivity index (χ2v) is 7.73. The topological polar surface area (TPSA) is 37.0 Å². The van der Waals surface area contributed by atoms with Crippen molar-refractivity contribution in [2.24, 2.45) is 0 Å². The van der Waals surface area contributed by atoms with Crippen LogP contribution < -0.4 is 14.8 Å². The molecule has 1 saturated heterocycles. The van der Waals surface area contributed by atoms with Crippen LogP contribution in [0.3, 0.4) is 0 Å². The lowest BCUT2D eigenvalue weighted by Crippen LogP contribution is -2.53. The highest BCUT2D eigenvalue weighted by Gasteiger charge is 2.26. The molecule has 1 aliphatic carbocycles. The maximum absolute atomic E-state index is 6.17. The first kappa shape index (κ1) is 19.5. The Morgan fingerprint density at radius 3 is 2.31 bits per heavy atom. The molecule has 0 amide bonds. The Morgan fingerprint density at radius 1 is 1.04 bits per heavy atom. The molecule has 0 spiro atoms. The number of hydrogen-bond acceptors (Lipinski definition) is 4. The summed E-state index contributed by atoms with van der Waals surface area (Å²) in [4.78, 5) is 4.87. The van der Waals surface area contributed by atoms with Crippen LogP contribution in [-0.4, -0.2) is 61.4 Å². The first-order valence-electron chi connectivity index (χ1n) is 9.34. The van der Waals surface area contributed by atoms with Gasteiger partial charge in [-0.15, -0.1) is 0 Å². The van der Waals surface area contributed by atoms with Gasteiger partial charge in [-0.05, 0) is 25.1 Å². The summed E-state index contributed by atoms with van der Waals surface area (Å²) in [5.41, 5.74) is 0.772. The molecule has 26 heavy (non-hydrogen) atoms. The number of hydrogen-bond donors (Lipinski definition) is 1. The zero-order chi connectivity index (χ0) is 18.5. The summed E-state index contributed by atoms with van der Waals surface area (Å²) in [5, 5.41) is 4.54. The largest absolute Gasteiger partial charge is 0.495 e. The molecule has 1 aromatic carbocycles. The molecule has 7 heteroatoms. The SMILES string of the molecule is COc1cc(NC(=S)N2CCN(C3CCCCC3)CC2)c(OC)cc1Cl. The average Bonchev–Trinajstić information content (AvgIpc) is 2.69. The Bertz CT molecular complexity index is 629. The standard InChI is InChI=1S/C19H28ClN3O2S/c1-24-17-13-16(18(25-2)12-15(17)20)21-19(26)23-10-8-22(9-11-23)14-6-4-3-5-7-14/h12-14H,3-11H2,1-2H3,(H,21,26). The third kappa shape index (κ3) is 4.53. The normalized spacial score (nSPS) is 19.3. The van der Waals surface area contributed by atoms with Gasteiger partial charge in [0.2, 0.25) is 0 Å². The Hall–Kier alpha value is -1.24. The molecule has 2 aliphatic rings. The van der Waals surface area contributed by atoms with Gasteiger partial charge in [-0.25, -0.2) is 0 Å². The van der Waals surface area contributed by atoms with Crippen molar-refractivity contribution in [3.8, 4) is 11.5 Å². The van der Waals surface area contributed by atoms with Gasteiger partial charge in [0.15, 0.2) is 5.11 Å². The first-order valence-corrected chi connectivity index (χ1v) is 10.1. The van der Waals surface area contributed by atoms with Gasteiger partial charge in [-0.1, -0.05) is 30.9 Å². The number of anilines is 1. The van der Waals surface area contributed by atoms with Gasteiger partial charge in [0.05, 0.1) is 24.9 Å². The molecule has 0 aromatic heterocycles.